The highest BCUT2D eigenvalue weighted by Gasteiger charge is 2.18. The van der Waals surface area contributed by atoms with Crippen molar-refractivity contribution in [3.63, 3.8) is 0 Å². The van der Waals surface area contributed by atoms with Gasteiger partial charge in [0.2, 0.25) is 0 Å². The lowest BCUT2D eigenvalue weighted by Crippen LogP contribution is -1.99. The number of nitrogens with zero attached hydrogens (tertiary/aromatic N) is 3. The molecule has 220 valence electrons. The van der Waals surface area contributed by atoms with E-state index in [0.29, 0.717) is 17.5 Å². The molecule has 0 aliphatic carbocycles. The van der Waals surface area contributed by atoms with E-state index >= 15 is 0 Å². The van der Waals surface area contributed by atoms with Gasteiger partial charge in [0.05, 0.1) is 4.88 Å². The third-order valence-electron chi connectivity index (χ3n) is 8.74. The fraction of sp³-hybridized carbons (Fsp3) is 0. The molecular weight excluding hydrogens is 591 g/mol. The first-order valence-electron chi connectivity index (χ1n) is 15.7. The van der Waals surface area contributed by atoms with Crippen LogP contribution in [-0.2, 0) is 0 Å². The maximum Gasteiger partial charge on any atom is 0.174 e. The number of hydrogen-bond acceptors (Lipinski definition) is 4. The maximum atomic E-state index is 5.03. The summed E-state index contributed by atoms with van der Waals surface area (Å²) in [5.41, 5.74) is 6.79. The molecule has 47 heavy (non-hydrogen) atoms. The van der Waals surface area contributed by atoms with Crippen LogP contribution in [0.4, 0.5) is 0 Å². The molecule has 0 unspecified atom stereocenters. The Balaban J connectivity index is 1.20. The Morgan fingerprint density at radius 2 is 0.745 bits per heavy atom. The second-order valence-corrected chi connectivity index (χ2v) is 12.7. The molecule has 0 N–H and O–H groups in total. The molecule has 0 saturated carbocycles. The minimum Gasteiger partial charge on any atom is -0.208 e. The molecule has 7 aromatic carbocycles. The first-order chi connectivity index (χ1) is 23.3. The van der Waals surface area contributed by atoms with Gasteiger partial charge < -0.3 is 0 Å². The zero-order valence-electron chi connectivity index (χ0n) is 25.3. The van der Waals surface area contributed by atoms with E-state index in [9.17, 15) is 0 Å². The summed E-state index contributed by atoms with van der Waals surface area (Å²) >= 11 is 1.71. The van der Waals surface area contributed by atoms with Crippen LogP contribution in [0, 0.1) is 0 Å². The van der Waals surface area contributed by atoms with Crippen LogP contribution in [0.5, 0.6) is 0 Å². The van der Waals surface area contributed by atoms with Crippen molar-refractivity contribution >= 4 is 43.0 Å². The van der Waals surface area contributed by atoms with Crippen molar-refractivity contribution in [2.75, 3.05) is 0 Å². The van der Waals surface area contributed by atoms with Gasteiger partial charge in [0, 0.05) is 15.8 Å². The van der Waals surface area contributed by atoms with Gasteiger partial charge >= 0.3 is 0 Å². The van der Waals surface area contributed by atoms with Gasteiger partial charge in [0.15, 0.2) is 17.5 Å². The molecular formula is C43H27N3S. The van der Waals surface area contributed by atoms with Gasteiger partial charge in [-0.15, -0.1) is 11.3 Å². The normalized spacial score (nSPS) is 11.4. The zero-order valence-corrected chi connectivity index (χ0v) is 26.2. The first kappa shape index (κ1) is 27.3. The molecule has 3 nitrogen and oxygen atoms in total. The van der Waals surface area contributed by atoms with Crippen LogP contribution in [0.1, 0.15) is 0 Å². The predicted octanol–water partition coefficient (Wildman–Crippen LogP) is 11.7. The minimum absolute atomic E-state index is 0.659. The summed E-state index contributed by atoms with van der Waals surface area (Å²) in [5.74, 6) is 2.01. The van der Waals surface area contributed by atoms with Gasteiger partial charge in [-0.3, -0.25) is 0 Å². The lowest BCUT2D eigenvalue weighted by atomic mass is 9.86. The second-order valence-electron chi connectivity index (χ2n) is 11.6. The van der Waals surface area contributed by atoms with Gasteiger partial charge in [0.1, 0.15) is 0 Å². The van der Waals surface area contributed by atoms with Crippen LogP contribution in [0.25, 0.3) is 87.4 Å². The predicted molar refractivity (Wildman–Crippen MR) is 197 cm³/mol. The molecule has 0 radical (unpaired) electrons. The summed E-state index contributed by atoms with van der Waals surface area (Å²) in [4.78, 5) is 16.0. The first-order valence-corrected chi connectivity index (χ1v) is 16.5. The van der Waals surface area contributed by atoms with E-state index in [1.54, 1.807) is 11.3 Å². The van der Waals surface area contributed by atoms with Crippen molar-refractivity contribution in [1.29, 1.82) is 0 Å². The number of thiophene rings is 1. The van der Waals surface area contributed by atoms with Crippen LogP contribution in [0.2, 0.25) is 0 Å². The highest BCUT2D eigenvalue weighted by Crippen LogP contribution is 2.44. The average Bonchev–Trinajstić information content (AvgIpc) is 3.59. The van der Waals surface area contributed by atoms with Gasteiger partial charge in [-0.25, -0.2) is 15.0 Å². The van der Waals surface area contributed by atoms with Crippen LogP contribution in [-0.4, -0.2) is 15.0 Å². The largest absolute Gasteiger partial charge is 0.208 e. The third kappa shape index (κ3) is 4.87. The number of benzene rings is 7. The van der Waals surface area contributed by atoms with Crippen molar-refractivity contribution in [1.82, 2.24) is 15.0 Å². The fourth-order valence-corrected chi connectivity index (χ4v) is 7.56. The standard InChI is InChI=1S/C43H27N3S/c1-3-13-28(14-4-1)39-33-18-8-10-20-35(33)40(36-21-11-9-19-34(36)39)29-23-25-31(26-24-29)42-44-41(30-15-5-2-6-16-30)45-43(46-42)38-27-32-17-7-12-22-37(32)47-38/h1-27H. The SMILES string of the molecule is c1ccc(-c2nc(-c3ccc(-c4c5ccccc5c(-c5ccccc5)c5ccccc45)cc3)nc(-c3cc4ccccc4s3)n2)cc1. The Hall–Kier alpha value is -5.97. The molecule has 0 aliphatic heterocycles. The van der Waals surface area contributed by atoms with E-state index in [0.717, 1.165) is 21.6 Å². The van der Waals surface area contributed by atoms with Crippen LogP contribution >= 0.6 is 11.3 Å². The van der Waals surface area contributed by atoms with Crippen molar-refractivity contribution < 1.29 is 0 Å². The lowest BCUT2D eigenvalue weighted by molar-refractivity contribution is 1.08. The van der Waals surface area contributed by atoms with Crippen molar-refractivity contribution in [2.45, 2.75) is 0 Å². The monoisotopic (exact) mass is 617 g/mol. The molecule has 0 bridgehead atoms. The Morgan fingerprint density at radius 3 is 1.30 bits per heavy atom. The molecule has 0 aliphatic rings. The number of fused-ring (bicyclic) bond motifs is 3. The summed E-state index contributed by atoms with van der Waals surface area (Å²) in [6.07, 6.45) is 0. The molecule has 9 aromatic rings. The summed E-state index contributed by atoms with van der Waals surface area (Å²) in [7, 11) is 0. The summed E-state index contributed by atoms with van der Waals surface area (Å²) in [6.45, 7) is 0. The molecule has 0 atom stereocenters. The third-order valence-corrected chi connectivity index (χ3v) is 9.85. The Bertz CT molecular complexity index is 2460. The average molecular weight is 618 g/mol. The van der Waals surface area contributed by atoms with E-state index in [1.165, 1.54) is 48.3 Å². The maximum absolute atomic E-state index is 5.03. The summed E-state index contributed by atoms with van der Waals surface area (Å²) < 4.78 is 1.22. The van der Waals surface area contributed by atoms with E-state index in [4.69, 9.17) is 15.0 Å². The minimum atomic E-state index is 0.659. The van der Waals surface area contributed by atoms with Crippen LogP contribution in [0.3, 0.4) is 0 Å². The summed E-state index contributed by atoms with van der Waals surface area (Å²) in [5, 5.41) is 6.15. The fourth-order valence-electron chi connectivity index (χ4n) is 6.56. The molecule has 9 rings (SSSR count). The molecule has 2 heterocycles. The zero-order chi connectivity index (χ0) is 31.2. The summed E-state index contributed by atoms with van der Waals surface area (Å²) in [6, 6.07) is 57.6. The van der Waals surface area contributed by atoms with E-state index < -0.39 is 0 Å². The Labute approximate surface area is 276 Å². The number of hydrogen-bond donors (Lipinski definition) is 0. The van der Waals surface area contributed by atoms with Gasteiger partial charge in [0.25, 0.3) is 0 Å². The molecule has 0 spiro atoms. The topological polar surface area (TPSA) is 38.7 Å². The Morgan fingerprint density at radius 1 is 0.340 bits per heavy atom. The van der Waals surface area contributed by atoms with Gasteiger partial charge in [-0.05, 0) is 61.3 Å². The van der Waals surface area contributed by atoms with Crippen LogP contribution in [0.15, 0.2) is 164 Å². The second kappa shape index (κ2) is 11.4. The van der Waals surface area contributed by atoms with E-state index in [-0.39, 0.29) is 0 Å². The lowest BCUT2D eigenvalue weighted by Gasteiger charge is -2.17. The highest BCUT2D eigenvalue weighted by atomic mass is 32.1. The highest BCUT2D eigenvalue weighted by molar-refractivity contribution is 7.22. The molecule has 4 heteroatoms. The van der Waals surface area contributed by atoms with Gasteiger partial charge in [-0.2, -0.15) is 0 Å². The van der Waals surface area contributed by atoms with E-state index in [1.807, 2.05) is 30.3 Å². The number of aromatic nitrogens is 3. The smallest absolute Gasteiger partial charge is 0.174 e. The van der Waals surface area contributed by atoms with Crippen molar-refractivity contribution in [3.05, 3.63) is 164 Å². The van der Waals surface area contributed by atoms with E-state index in [2.05, 4.69) is 133 Å². The quantitative estimate of drug-likeness (QED) is 0.180. The van der Waals surface area contributed by atoms with Gasteiger partial charge in [-0.1, -0.05) is 152 Å². The molecule has 0 amide bonds. The molecule has 2 aromatic heterocycles. The van der Waals surface area contributed by atoms with Crippen molar-refractivity contribution in [2.24, 2.45) is 0 Å². The van der Waals surface area contributed by atoms with Crippen LogP contribution < -0.4 is 0 Å². The molecule has 0 fully saturated rings. The van der Waals surface area contributed by atoms with Crippen molar-refractivity contribution in [3.8, 4) is 55.7 Å². The number of rotatable bonds is 5. The Kier molecular flexibility index (Phi) is 6.65. The molecule has 0 saturated heterocycles.